The van der Waals surface area contributed by atoms with E-state index in [9.17, 15) is 26.4 Å². The van der Waals surface area contributed by atoms with Crippen LogP contribution in [0.4, 0.5) is 18.9 Å². The third kappa shape index (κ3) is 5.46. The number of benzene rings is 2. The Morgan fingerprint density at radius 1 is 1.15 bits per heavy atom. The lowest BCUT2D eigenvalue weighted by molar-refractivity contribution is -0.123. The molecule has 0 aliphatic heterocycles. The number of carbonyl (C=O) groups is 1. The highest BCUT2D eigenvalue weighted by atomic mass is 79.9. The summed E-state index contributed by atoms with van der Waals surface area (Å²) in [4.78, 5) is 11.5. The molecule has 0 atom stereocenters. The first-order chi connectivity index (χ1) is 12.0. The summed E-state index contributed by atoms with van der Waals surface area (Å²) in [6, 6.07) is 9.62. The predicted octanol–water partition coefficient (Wildman–Crippen LogP) is 3.85. The first-order valence-corrected chi connectivity index (χ1v) is 9.49. The Hall–Kier alpha value is -2.07. The fraction of sp³-hybridized carbons (Fsp3) is 0.188. The molecule has 26 heavy (non-hydrogen) atoms. The Labute approximate surface area is 156 Å². The van der Waals surface area contributed by atoms with Crippen molar-refractivity contribution in [3.8, 4) is 0 Å². The van der Waals surface area contributed by atoms with Gasteiger partial charge in [-0.2, -0.15) is 13.2 Å². The van der Waals surface area contributed by atoms with Crippen molar-refractivity contribution in [3.05, 3.63) is 58.1 Å². The number of amides is 1. The second-order valence-corrected chi connectivity index (χ2v) is 7.93. The van der Waals surface area contributed by atoms with E-state index in [0.717, 1.165) is 11.6 Å². The van der Waals surface area contributed by atoms with E-state index in [1.165, 1.54) is 18.2 Å². The van der Waals surface area contributed by atoms with Gasteiger partial charge in [0.25, 0.3) is 15.9 Å². The summed E-state index contributed by atoms with van der Waals surface area (Å²) >= 11 is 3.29. The second kappa shape index (κ2) is 7.67. The third-order valence-electron chi connectivity index (χ3n) is 3.28. The van der Waals surface area contributed by atoms with Gasteiger partial charge in [0.15, 0.2) is 0 Å². The first-order valence-electron chi connectivity index (χ1n) is 7.22. The lowest BCUT2D eigenvalue weighted by Crippen LogP contribution is -2.33. The summed E-state index contributed by atoms with van der Waals surface area (Å²) in [5.41, 5.74) is 1.02. The van der Waals surface area contributed by atoms with E-state index in [1.54, 1.807) is 23.5 Å². The number of nitrogens with one attached hydrogen (secondary N) is 2. The van der Waals surface area contributed by atoms with Gasteiger partial charge in [0, 0.05) is 15.7 Å². The van der Waals surface area contributed by atoms with E-state index >= 15 is 0 Å². The van der Waals surface area contributed by atoms with Gasteiger partial charge in [0.1, 0.15) is 6.54 Å². The van der Waals surface area contributed by atoms with E-state index in [-0.39, 0.29) is 10.5 Å². The van der Waals surface area contributed by atoms with Crippen LogP contribution in [0.3, 0.4) is 0 Å². The Morgan fingerprint density at radius 2 is 1.85 bits per heavy atom. The van der Waals surface area contributed by atoms with Crippen LogP contribution in [0.5, 0.6) is 0 Å². The van der Waals surface area contributed by atoms with E-state index in [2.05, 4.69) is 20.7 Å². The molecule has 0 saturated carbocycles. The Bertz CT molecular complexity index is 931. The number of hydrogen-bond donors (Lipinski definition) is 2. The first kappa shape index (κ1) is 20.2. The van der Waals surface area contributed by atoms with E-state index in [0.29, 0.717) is 10.2 Å². The van der Waals surface area contributed by atoms with Gasteiger partial charge in [-0.05, 0) is 42.8 Å². The minimum atomic E-state index is -4.56. The number of aryl methyl sites for hydroxylation is 1. The predicted molar refractivity (Wildman–Crippen MR) is 94.5 cm³/mol. The molecule has 0 bridgehead atoms. The third-order valence-corrected chi connectivity index (χ3v) is 5.51. The van der Waals surface area contributed by atoms with Crippen LogP contribution in [0.2, 0.25) is 0 Å². The fourth-order valence-corrected chi connectivity index (χ4v) is 3.43. The number of halogens is 4. The van der Waals surface area contributed by atoms with Crippen molar-refractivity contribution in [1.29, 1.82) is 0 Å². The van der Waals surface area contributed by atoms with Crippen molar-refractivity contribution < 1.29 is 26.4 Å². The van der Waals surface area contributed by atoms with Crippen LogP contribution in [0.25, 0.3) is 0 Å². The lowest BCUT2D eigenvalue weighted by atomic mass is 10.2. The van der Waals surface area contributed by atoms with Crippen molar-refractivity contribution in [2.75, 3.05) is 11.3 Å². The molecule has 2 N–H and O–H groups in total. The Kier molecular flexibility index (Phi) is 5.97. The maximum atomic E-state index is 12.5. The summed E-state index contributed by atoms with van der Waals surface area (Å²) in [7, 11) is -4.02. The normalized spacial score (nSPS) is 11.9. The maximum Gasteiger partial charge on any atom is 0.405 e. The monoisotopic (exact) mass is 450 g/mol. The van der Waals surface area contributed by atoms with E-state index < -0.39 is 28.7 Å². The van der Waals surface area contributed by atoms with E-state index in [4.69, 9.17) is 0 Å². The molecule has 0 aliphatic rings. The SMILES string of the molecule is Cc1ccc(NS(=O)(=O)c2cccc(C(=O)NCC(F)(F)F)c2)cc1Br. The second-order valence-electron chi connectivity index (χ2n) is 5.40. The highest BCUT2D eigenvalue weighted by Gasteiger charge is 2.28. The zero-order chi connectivity index (χ0) is 19.5. The molecular formula is C16H14BrF3N2O3S. The summed E-state index contributed by atoms with van der Waals surface area (Å²) in [5, 5.41) is 1.70. The molecule has 0 radical (unpaired) electrons. The molecule has 0 saturated heterocycles. The lowest BCUT2D eigenvalue weighted by Gasteiger charge is -2.11. The standard InChI is InChI=1S/C16H14BrF3N2O3S/c1-10-5-6-12(8-14(10)17)22-26(24,25)13-4-2-3-11(7-13)15(23)21-9-16(18,19)20/h2-8,22H,9H2,1H3,(H,21,23). The summed E-state index contributed by atoms with van der Waals surface area (Å²) in [6.07, 6.45) is -4.56. The van der Waals surface area contributed by atoms with Gasteiger partial charge in [-0.15, -0.1) is 0 Å². The van der Waals surface area contributed by atoms with Crippen molar-refractivity contribution >= 4 is 37.5 Å². The number of carbonyl (C=O) groups excluding carboxylic acids is 1. The number of sulfonamides is 1. The van der Waals surface area contributed by atoms with Crippen LogP contribution in [0.1, 0.15) is 15.9 Å². The van der Waals surface area contributed by atoms with Crippen LogP contribution in [-0.2, 0) is 10.0 Å². The molecule has 2 aromatic carbocycles. The Balaban J connectivity index is 2.22. The minimum absolute atomic E-state index is 0.192. The molecule has 2 rings (SSSR count). The van der Waals surface area contributed by atoms with Crippen LogP contribution < -0.4 is 10.0 Å². The molecule has 0 spiro atoms. The summed E-state index contributed by atoms with van der Waals surface area (Å²) in [6.45, 7) is 0.337. The van der Waals surface area contributed by atoms with Crippen LogP contribution in [-0.4, -0.2) is 27.0 Å². The van der Waals surface area contributed by atoms with Crippen molar-refractivity contribution in [2.45, 2.75) is 18.0 Å². The van der Waals surface area contributed by atoms with Gasteiger partial charge >= 0.3 is 6.18 Å². The van der Waals surface area contributed by atoms with Gasteiger partial charge in [0.05, 0.1) is 4.90 Å². The number of anilines is 1. The summed E-state index contributed by atoms with van der Waals surface area (Å²) < 4.78 is 64.5. The number of hydrogen-bond acceptors (Lipinski definition) is 3. The summed E-state index contributed by atoms with van der Waals surface area (Å²) in [5.74, 6) is -1.02. The minimum Gasteiger partial charge on any atom is -0.343 e. The number of rotatable bonds is 5. The zero-order valence-corrected chi connectivity index (χ0v) is 15.8. The van der Waals surface area contributed by atoms with Gasteiger partial charge in [-0.25, -0.2) is 8.42 Å². The average Bonchev–Trinajstić information content (AvgIpc) is 2.55. The molecule has 0 fully saturated rings. The van der Waals surface area contributed by atoms with Gasteiger partial charge < -0.3 is 5.32 Å². The smallest absolute Gasteiger partial charge is 0.343 e. The van der Waals surface area contributed by atoms with Crippen molar-refractivity contribution in [2.24, 2.45) is 0 Å². The number of alkyl halides is 3. The molecule has 1 amide bonds. The maximum absolute atomic E-state index is 12.5. The topological polar surface area (TPSA) is 75.3 Å². The van der Waals surface area contributed by atoms with E-state index in [1.807, 2.05) is 6.92 Å². The molecular weight excluding hydrogens is 437 g/mol. The molecule has 0 unspecified atom stereocenters. The van der Waals surface area contributed by atoms with Crippen LogP contribution in [0.15, 0.2) is 51.8 Å². The molecule has 5 nitrogen and oxygen atoms in total. The van der Waals surface area contributed by atoms with Crippen LogP contribution in [0, 0.1) is 6.92 Å². The quantitative estimate of drug-likeness (QED) is 0.726. The highest BCUT2D eigenvalue weighted by molar-refractivity contribution is 9.10. The van der Waals surface area contributed by atoms with Gasteiger partial charge in [-0.1, -0.05) is 28.1 Å². The van der Waals surface area contributed by atoms with Crippen molar-refractivity contribution in [3.63, 3.8) is 0 Å². The van der Waals surface area contributed by atoms with Crippen molar-refractivity contribution in [1.82, 2.24) is 5.32 Å². The molecule has 2 aromatic rings. The molecule has 10 heteroatoms. The highest BCUT2D eigenvalue weighted by Crippen LogP contribution is 2.23. The molecule has 140 valence electrons. The average molecular weight is 451 g/mol. The zero-order valence-electron chi connectivity index (χ0n) is 13.4. The molecule has 0 aromatic heterocycles. The fourth-order valence-electron chi connectivity index (χ4n) is 1.96. The van der Waals surface area contributed by atoms with Gasteiger partial charge in [0.2, 0.25) is 0 Å². The van der Waals surface area contributed by atoms with Gasteiger partial charge in [-0.3, -0.25) is 9.52 Å². The molecule has 0 aliphatic carbocycles. The Morgan fingerprint density at radius 3 is 2.46 bits per heavy atom. The van der Waals surface area contributed by atoms with Crippen LogP contribution >= 0.6 is 15.9 Å². The largest absolute Gasteiger partial charge is 0.405 e. The molecule has 0 heterocycles.